The van der Waals surface area contributed by atoms with Crippen LogP contribution in [0, 0.1) is 12.3 Å². The molecule has 6 heteroatoms. The molecular weight excluding hydrogens is 232 g/mol. The van der Waals surface area contributed by atoms with Crippen molar-refractivity contribution in [3.05, 3.63) is 0 Å². The number of hydrogen-bond donors (Lipinski definition) is 1. The van der Waals surface area contributed by atoms with Gasteiger partial charge in [0.2, 0.25) is 5.95 Å². The monoisotopic (exact) mass is 250 g/mol. The van der Waals surface area contributed by atoms with Crippen LogP contribution in [-0.4, -0.2) is 34.2 Å². The first kappa shape index (κ1) is 14.0. The summed E-state index contributed by atoms with van der Waals surface area (Å²) in [6.45, 7) is 6.31. The first-order chi connectivity index (χ1) is 8.50. The smallest absolute Gasteiger partial charge is 0.325 e. The number of methoxy groups -OCH3 is 1. The van der Waals surface area contributed by atoms with Crippen molar-refractivity contribution in [1.82, 2.24) is 15.0 Å². The molecular formula is C12H18N4O2. The van der Waals surface area contributed by atoms with Crippen LogP contribution in [-0.2, 0) is 0 Å². The van der Waals surface area contributed by atoms with Crippen molar-refractivity contribution < 1.29 is 9.47 Å². The van der Waals surface area contributed by atoms with Gasteiger partial charge in [-0.15, -0.1) is 11.4 Å². The molecule has 0 spiro atoms. The second-order valence-corrected chi connectivity index (χ2v) is 4.11. The molecule has 0 radical (unpaired) electrons. The van der Waals surface area contributed by atoms with Crippen LogP contribution in [0.15, 0.2) is 0 Å². The quantitative estimate of drug-likeness (QED) is 0.771. The molecule has 0 aliphatic heterocycles. The summed E-state index contributed by atoms with van der Waals surface area (Å²) in [7, 11) is 1.48. The highest BCUT2D eigenvalue weighted by Crippen LogP contribution is 2.17. The minimum absolute atomic E-state index is 0.142. The fourth-order valence-corrected chi connectivity index (χ4v) is 1.05. The molecule has 6 nitrogen and oxygen atoms in total. The normalized spacial score (nSPS) is 10.6. The molecule has 98 valence electrons. The van der Waals surface area contributed by atoms with Gasteiger partial charge in [0.1, 0.15) is 0 Å². The number of nitrogens with one attached hydrogen (secondary N) is 1. The summed E-state index contributed by atoms with van der Waals surface area (Å²) >= 11 is 0. The number of rotatable bonds is 6. The second kappa shape index (κ2) is 6.05. The molecule has 1 aromatic rings. The third-order valence-corrected chi connectivity index (χ3v) is 2.00. The van der Waals surface area contributed by atoms with E-state index in [1.807, 2.05) is 6.92 Å². The number of nitrogens with zero attached hydrogens (tertiary/aromatic N) is 3. The number of ether oxygens (including phenoxy) is 2. The lowest BCUT2D eigenvalue weighted by atomic mass is 10.2. The molecule has 0 unspecified atom stereocenters. The minimum atomic E-state index is -0.783. The fourth-order valence-electron chi connectivity index (χ4n) is 1.05. The lowest BCUT2D eigenvalue weighted by Gasteiger charge is -2.18. The van der Waals surface area contributed by atoms with E-state index in [1.165, 1.54) is 7.11 Å². The summed E-state index contributed by atoms with van der Waals surface area (Å²) in [6.07, 6.45) is 6.31. The minimum Gasteiger partial charge on any atom is -0.467 e. The Hall–Kier alpha value is -2.03. The van der Waals surface area contributed by atoms with E-state index in [2.05, 4.69) is 26.2 Å². The number of anilines is 1. The molecule has 0 aliphatic rings. The van der Waals surface area contributed by atoms with Crippen LogP contribution in [0.1, 0.15) is 27.2 Å². The lowest BCUT2D eigenvalue weighted by molar-refractivity contribution is 0.154. The second-order valence-electron chi connectivity index (χ2n) is 4.11. The van der Waals surface area contributed by atoms with Crippen LogP contribution in [0.4, 0.5) is 5.95 Å². The highest BCUT2D eigenvalue weighted by molar-refractivity contribution is 5.27. The number of terminal acetylenes is 1. The van der Waals surface area contributed by atoms with Crippen molar-refractivity contribution in [3.63, 3.8) is 0 Å². The van der Waals surface area contributed by atoms with Gasteiger partial charge in [0, 0.05) is 6.54 Å². The summed E-state index contributed by atoms with van der Waals surface area (Å²) in [5.41, 5.74) is -0.783. The Bertz CT molecular complexity index is 440. The molecule has 1 N–H and O–H groups in total. The van der Waals surface area contributed by atoms with Crippen LogP contribution < -0.4 is 14.8 Å². The van der Waals surface area contributed by atoms with Gasteiger partial charge in [-0.1, -0.05) is 12.8 Å². The van der Waals surface area contributed by atoms with Crippen LogP contribution in [0.2, 0.25) is 0 Å². The highest BCUT2D eigenvalue weighted by atomic mass is 16.5. The first-order valence-electron chi connectivity index (χ1n) is 5.71. The van der Waals surface area contributed by atoms with Gasteiger partial charge in [-0.25, -0.2) is 0 Å². The largest absolute Gasteiger partial charge is 0.467 e. The maximum Gasteiger partial charge on any atom is 0.325 e. The Morgan fingerprint density at radius 2 is 1.94 bits per heavy atom. The zero-order valence-corrected chi connectivity index (χ0v) is 11.1. The predicted molar refractivity (Wildman–Crippen MR) is 68.7 cm³/mol. The predicted octanol–water partition coefficient (Wildman–Crippen LogP) is 1.49. The number of aromatic nitrogens is 3. The van der Waals surface area contributed by atoms with Crippen molar-refractivity contribution >= 4 is 5.95 Å². The van der Waals surface area contributed by atoms with E-state index in [0.717, 1.165) is 13.0 Å². The van der Waals surface area contributed by atoms with E-state index < -0.39 is 5.60 Å². The van der Waals surface area contributed by atoms with Gasteiger partial charge in [-0.3, -0.25) is 0 Å². The maximum atomic E-state index is 5.50. The van der Waals surface area contributed by atoms with Gasteiger partial charge in [0.05, 0.1) is 7.11 Å². The standard InChI is InChI=1S/C12H18N4O2/c1-6-8-13-9-14-10(17-5)16-11(15-9)18-12(3,4)7-2/h2H,6,8H2,1,3-5H3,(H,13,14,15,16). The molecule has 0 aliphatic carbocycles. The average Bonchev–Trinajstić information content (AvgIpc) is 2.35. The summed E-state index contributed by atoms with van der Waals surface area (Å²) in [6, 6.07) is 0.329. The molecule has 0 amide bonds. The van der Waals surface area contributed by atoms with Gasteiger partial charge < -0.3 is 14.8 Å². The average molecular weight is 250 g/mol. The summed E-state index contributed by atoms with van der Waals surface area (Å²) in [5, 5.41) is 3.04. The molecule has 0 aromatic carbocycles. The fraction of sp³-hybridized carbons (Fsp3) is 0.583. The van der Waals surface area contributed by atoms with Gasteiger partial charge in [-0.2, -0.15) is 9.97 Å². The van der Waals surface area contributed by atoms with E-state index in [0.29, 0.717) is 5.95 Å². The van der Waals surface area contributed by atoms with Crippen LogP contribution >= 0.6 is 0 Å². The van der Waals surface area contributed by atoms with Crippen molar-refractivity contribution in [3.8, 4) is 24.4 Å². The molecule has 0 saturated carbocycles. The molecule has 0 saturated heterocycles. The van der Waals surface area contributed by atoms with Gasteiger partial charge in [0.25, 0.3) is 0 Å². The molecule has 0 bridgehead atoms. The Morgan fingerprint density at radius 1 is 1.28 bits per heavy atom. The van der Waals surface area contributed by atoms with E-state index in [4.69, 9.17) is 15.9 Å². The SMILES string of the molecule is C#CC(C)(C)Oc1nc(NCCC)nc(OC)n1. The van der Waals surface area contributed by atoms with Crippen molar-refractivity contribution in [2.45, 2.75) is 32.8 Å². The van der Waals surface area contributed by atoms with E-state index in [9.17, 15) is 0 Å². The van der Waals surface area contributed by atoms with Gasteiger partial charge in [0.15, 0.2) is 5.60 Å². The number of hydrogen-bond acceptors (Lipinski definition) is 6. The van der Waals surface area contributed by atoms with Crippen molar-refractivity contribution in [2.75, 3.05) is 19.0 Å². The van der Waals surface area contributed by atoms with Crippen molar-refractivity contribution in [1.29, 1.82) is 0 Å². The van der Waals surface area contributed by atoms with Gasteiger partial charge >= 0.3 is 12.0 Å². The summed E-state index contributed by atoms with van der Waals surface area (Å²) in [4.78, 5) is 12.2. The van der Waals surface area contributed by atoms with Crippen LogP contribution in [0.3, 0.4) is 0 Å². The van der Waals surface area contributed by atoms with Crippen LogP contribution in [0.25, 0.3) is 0 Å². The van der Waals surface area contributed by atoms with E-state index in [1.54, 1.807) is 13.8 Å². The molecule has 1 rings (SSSR count). The summed E-state index contributed by atoms with van der Waals surface area (Å²) in [5.74, 6) is 2.91. The lowest BCUT2D eigenvalue weighted by Crippen LogP contribution is -2.27. The topological polar surface area (TPSA) is 69.2 Å². The molecule has 1 heterocycles. The third kappa shape index (κ3) is 4.09. The molecule has 1 aromatic heterocycles. The highest BCUT2D eigenvalue weighted by Gasteiger charge is 2.19. The van der Waals surface area contributed by atoms with Gasteiger partial charge in [-0.05, 0) is 20.3 Å². The molecule has 0 fully saturated rings. The first-order valence-corrected chi connectivity index (χ1v) is 5.71. The Kier molecular flexibility index (Phi) is 4.72. The van der Waals surface area contributed by atoms with E-state index >= 15 is 0 Å². The molecule has 18 heavy (non-hydrogen) atoms. The zero-order valence-electron chi connectivity index (χ0n) is 11.1. The Morgan fingerprint density at radius 3 is 2.50 bits per heavy atom. The third-order valence-electron chi connectivity index (χ3n) is 2.00. The van der Waals surface area contributed by atoms with E-state index in [-0.39, 0.29) is 12.0 Å². The van der Waals surface area contributed by atoms with Crippen LogP contribution in [0.5, 0.6) is 12.0 Å². The maximum absolute atomic E-state index is 5.50. The molecule has 0 atom stereocenters. The van der Waals surface area contributed by atoms with Crippen molar-refractivity contribution in [2.24, 2.45) is 0 Å². The zero-order chi connectivity index (χ0) is 13.6. The summed E-state index contributed by atoms with van der Waals surface area (Å²) < 4.78 is 10.5. The Labute approximate surface area is 107 Å². The Balaban J connectivity index is 2.94.